The highest BCUT2D eigenvalue weighted by Crippen LogP contribution is 2.33. The molecule has 0 saturated heterocycles. The average Bonchev–Trinajstić information content (AvgIpc) is 2.93. The largest absolute Gasteiger partial charge is 0.491 e. The summed E-state index contributed by atoms with van der Waals surface area (Å²) in [6, 6.07) is 7.46. The minimum atomic E-state index is -3.49. The summed E-state index contributed by atoms with van der Waals surface area (Å²) in [5.74, 6) is 1.80. The number of nitrogens with zero attached hydrogens (tertiary/aromatic N) is 4. The molecule has 0 fully saturated rings. The SMILES string of the molecule is Cc1nc(N)nc(N2CCOc3ccc(-c4cnc(Cl)c(NS(C)(=O)=O)c4)cc3C2)c1C. The second kappa shape index (κ2) is 8.44. The van der Waals surface area contributed by atoms with Crippen molar-refractivity contribution < 1.29 is 13.2 Å². The van der Waals surface area contributed by atoms with Crippen LogP contribution >= 0.6 is 11.6 Å². The maximum absolute atomic E-state index is 11.6. The Bertz CT molecular complexity index is 1300. The summed E-state index contributed by atoms with van der Waals surface area (Å²) in [7, 11) is -3.49. The van der Waals surface area contributed by atoms with Crippen LogP contribution in [0.15, 0.2) is 30.5 Å². The summed E-state index contributed by atoms with van der Waals surface area (Å²) >= 11 is 6.07. The van der Waals surface area contributed by atoms with Gasteiger partial charge < -0.3 is 15.4 Å². The maximum Gasteiger partial charge on any atom is 0.229 e. The van der Waals surface area contributed by atoms with Crippen molar-refractivity contribution in [2.24, 2.45) is 0 Å². The Morgan fingerprint density at radius 1 is 1.19 bits per heavy atom. The number of nitrogen functional groups attached to an aromatic ring is 1. The van der Waals surface area contributed by atoms with Crippen LogP contribution in [0, 0.1) is 13.8 Å². The van der Waals surface area contributed by atoms with Gasteiger partial charge in [-0.2, -0.15) is 4.98 Å². The van der Waals surface area contributed by atoms with E-state index < -0.39 is 10.0 Å². The molecule has 0 bridgehead atoms. The highest BCUT2D eigenvalue weighted by molar-refractivity contribution is 7.92. The zero-order valence-corrected chi connectivity index (χ0v) is 19.5. The molecule has 0 atom stereocenters. The van der Waals surface area contributed by atoms with Gasteiger partial charge in [0.1, 0.15) is 18.2 Å². The van der Waals surface area contributed by atoms with Crippen LogP contribution in [0.25, 0.3) is 11.1 Å². The molecule has 3 heterocycles. The van der Waals surface area contributed by atoms with Gasteiger partial charge in [0.2, 0.25) is 16.0 Å². The normalized spacial score (nSPS) is 13.8. The van der Waals surface area contributed by atoms with E-state index in [4.69, 9.17) is 22.1 Å². The minimum absolute atomic E-state index is 0.0793. The molecule has 4 rings (SSSR count). The number of aromatic nitrogens is 3. The van der Waals surface area contributed by atoms with E-state index in [9.17, 15) is 8.42 Å². The van der Waals surface area contributed by atoms with Crippen molar-refractivity contribution in [3.8, 4) is 16.9 Å². The predicted molar refractivity (Wildman–Crippen MR) is 126 cm³/mol. The molecule has 0 unspecified atom stereocenters. The van der Waals surface area contributed by atoms with E-state index >= 15 is 0 Å². The number of ether oxygens (including phenoxy) is 1. The molecule has 1 aliphatic rings. The summed E-state index contributed by atoms with van der Waals surface area (Å²) < 4.78 is 31.6. The fourth-order valence-corrected chi connectivity index (χ4v) is 4.34. The number of anilines is 3. The van der Waals surface area contributed by atoms with Crippen molar-refractivity contribution >= 4 is 39.1 Å². The van der Waals surface area contributed by atoms with Crippen molar-refractivity contribution in [1.82, 2.24) is 15.0 Å². The van der Waals surface area contributed by atoms with Gasteiger partial charge in [0.15, 0.2) is 5.15 Å². The number of nitrogens with two attached hydrogens (primary N) is 1. The van der Waals surface area contributed by atoms with Crippen LogP contribution in [0.3, 0.4) is 0 Å². The maximum atomic E-state index is 11.6. The molecule has 168 valence electrons. The first-order valence-electron chi connectivity index (χ1n) is 9.86. The lowest BCUT2D eigenvalue weighted by atomic mass is 10.0. The molecule has 0 spiro atoms. The van der Waals surface area contributed by atoms with Gasteiger partial charge in [-0.25, -0.2) is 18.4 Å². The number of hydrogen-bond acceptors (Lipinski definition) is 8. The molecular formula is C21H23ClN6O3S. The number of halogens is 1. The lowest BCUT2D eigenvalue weighted by molar-refractivity contribution is 0.331. The van der Waals surface area contributed by atoms with Crippen LogP contribution in [0.4, 0.5) is 17.5 Å². The van der Waals surface area contributed by atoms with Gasteiger partial charge >= 0.3 is 0 Å². The van der Waals surface area contributed by atoms with E-state index in [1.54, 1.807) is 12.3 Å². The molecule has 1 aromatic carbocycles. The molecule has 1 aliphatic heterocycles. The van der Waals surface area contributed by atoms with Crippen LogP contribution in [-0.2, 0) is 16.6 Å². The van der Waals surface area contributed by atoms with E-state index in [1.165, 1.54) is 0 Å². The monoisotopic (exact) mass is 474 g/mol. The summed E-state index contributed by atoms with van der Waals surface area (Å²) in [4.78, 5) is 14.9. The predicted octanol–water partition coefficient (Wildman–Crippen LogP) is 3.16. The standard InChI is InChI=1S/C21H23ClN6O3S/c1-12-13(2)25-21(23)26-20(12)28-6-7-31-18-5-4-14(8-16(18)11-28)15-9-17(19(22)24-10-15)27-32(3,29)30/h4-5,8-10,27H,6-7,11H2,1-3H3,(H2,23,25,26). The number of hydrogen-bond donors (Lipinski definition) is 2. The Balaban J connectivity index is 1.71. The highest BCUT2D eigenvalue weighted by Gasteiger charge is 2.21. The zero-order valence-electron chi connectivity index (χ0n) is 17.9. The van der Waals surface area contributed by atoms with Crippen LogP contribution in [-0.4, -0.2) is 42.8 Å². The molecular weight excluding hydrogens is 452 g/mol. The van der Waals surface area contributed by atoms with Gasteiger partial charge in [-0.3, -0.25) is 4.72 Å². The first kappa shape index (κ1) is 22.1. The van der Waals surface area contributed by atoms with Gasteiger partial charge in [-0.15, -0.1) is 0 Å². The Labute approximate surface area is 191 Å². The van der Waals surface area contributed by atoms with Crippen molar-refractivity contribution in [1.29, 1.82) is 0 Å². The van der Waals surface area contributed by atoms with E-state index in [0.717, 1.165) is 45.8 Å². The fourth-order valence-electron chi connectivity index (χ4n) is 3.57. The molecule has 9 nitrogen and oxygen atoms in total. The van der Waals surface area contributed by atoms with E-state index in [2.05, 4.69) is 24.6 Å². The number of nitrogens with one attached hydrogen (secondary N) is 1. The number of aryl methyl sites for hydroxylation is 1. The molecule has 32 heavy (non-hydrogen) atoms. The first-order valence-corrected chi connectivity index (χ1v) is 12.1. The summed E-state index contributed by atoms with van der Waals surface area (Å²) in [5, 5.41) is 0.0793. The third-order valence-electron chi connectivity index (χ3n) is 5.19. The number of sulfonamides is 1. The molecule has 0 aliphatic carbocycles. The van der Waals surface area contributed by atoms with Gasteiger partial charge in [0.25, 0.3) is 0 Å². The highest BCUT2D eigenvalue weighted by atomic mass is 35.5. The van der Waals surface area contributed by atoms with Crippen LogP contribution in [0.5, 0.6) is 5.75 Å². The summed E-state index contributed by atoms with van der Waals surface area (Å²) in [6.07, 6.45) is 2.67. The number of fused-ring (bicyclic) bond motifs is 1. The zero-order chi connectivity index (χ0) is 23.0. The lowest BCUT2D eigenvalue weighted by Gasteiger charge is -2.23. The quantitative estimate of drug-likeness (QED) is 0.552. The molecule has 3 N–H and O–H groups in total. The fraction of sp³-hybridized carbons (Fsp3) is 0.286. The number of benzene rings is 1. The Morgan fingerprint density at radius 2 is 1.97 bits per heavy atom. The molecule has 0 radical (unpaired) electrons. The minimum Gasteiger partial charge on any atom is -0.491 e. The van der Waals surface area contributed by atoms with Crippen molar-refractivity contribution in [2.75, 3.05) is 34.8 Å². The van der Waals surface area contributed by atoms with Gasteiger partial charge in [0.05, 0.1) is 18.5 Å². The topological polar surface area (TPSA) is 123 Å². The second-order valence-corrected chi connectivity index (χ2v) is 9.75. The Hall–Kier alpha value is -3.11. The summed E-state index contributed by atoms with van der Waals surface area (Å²) in [6.45, 7) is 5.59. The van der Waals surface area contributed by atoms with Crippen molar-refractivity contribution in [3.63, 3.8) is 0 Å². The Kier molecular flexibility index (Phi) is 5.83. The van der Waals surface area contributed by atoms with E-state index in [0.29, 0.717) is 19.7 Å². The molecule has 3 aromatic rings. The average molecular weight is 475 g/mol. The van der Waals surface area contributed by atoms with Crippen LogP contribution in [0.1, 0.15) is 16.8 Å². The van der Waals surface area contributed by atoms with Gasteiger partial charge in [-0.05, 0) is 37.6 Å². The third kappa shape index (κ3) is 4.71. The van der Waals surface area contributed by atoms with Gasteiger partial charge in [-0.1, -0.05) is 17.7 Å². The van der Waals surface area contributed by atoms with Crippen LogP contribution < -0.4 is 20.1 Å². The number of pyridine rings is 1. The molecule has 2 aromatic heterocycles. The van der Waals surface area contributed by atoms with E-state index in [-0.39, 0.29) is 16.8 Å². The van der Waals surface area contributed by atoms with Gasteiger partial charge in [0, 0.05) is 35.1 Å². The van der Waals surface area contributed by atoms with Crippen molar-refractivity contribution in [2.45, 2.75) is 20.4 Å². The molecule has 0 amide bonds. The first-order chi connectivity index (χ1) is 15.1. The summed E-state index contributed by atoms with van der Waals surface area (Å²) in [5.41, 5.74) is 10.5. The molecule has 11 heteroatoms. The smallest absolute Gasteiger partial charge is 0.229 e. The third-order valence-corrected chi connectivity index (χ3v) is 6.08. The van der Waals surface area contributed by atoms with E-state index in [1.807, 2.05) is 32.0 Å². The number of rotatable bonds is 4. The Morgan fingerprint density at radius 3 is 2.72 bits per heavy atom. The van der Waals surface area contributed by atoms with Crippen LogP contribution in [0.2, 0.25) is 5.15 Å². The molecule has 0 saturated carbocycles. The van der Waals surface area contributed by atoms with Crippen molar-refractivity contribution in [3.05, 3.63) is 52.4 Å². The lowest BCUT2D eigenvalue weighted by Crippen LogP contribution is -2.27. The second-order valence-electron chi connectivity index (χ2n) is 7.64.